The van der Waals surface area contributed by atoms with Crippen molar-refractivity contribution in [2.45, 2.75) is 19.3 Å². The molecule has 1 aromatic heterocycles. The summed E-state index contributed by atoms with van der Waals surface area (Å²) in [5, 5.41) is 10.3. The van der Waals surface area contributed by atoms with E-state index < -0.39 is 0 Å². The summed E-state index contributed by atoms with van der Waals surface area (Å²) >= 11 is 0. The first-order chi connectivity index (χ1) is 21.6. The minimum absolute atomic E-state index is 0.123. The van der Waals surface area contributed by atoms with Gasteiger partial charge in [-0.3, -0.25) is 0 Å². The van der Waals surface area contributed by atoms with Crippen LogP contribution in [0.3, 0.4) is 0 Å². The Balaban J connectivity index is 1.22. The Morgan fingerprint density at radius 3 is 1.82 bits per heavy atom. The standard InChI is InChI=1S/C43H28O/c1-43(2)35-22-23-38-42(34-10-6-7-11-37(34)44-38)41(35)33-21-16-28(24-36(33)43)30-18-13-27-14-19-31-29(25-8-4-3-5-9-25)17-12-26-15-20-32(30)40(27)39(26)31/h3-24H,1-2H3. The molecule has 0 N–H and O–H groups in total. The predicted octanol–water partition coefficient (Wildman–Crippen LogP) is 12.1. The van der Waals surface area contributed by atoms with Gasteiger partial charge in [0.1, 0.15) is 11.2 Å². The van der Waals surface area contributed by atoms with Crippen LogP contribution in [-0.4, -0.2) is 0 Å². The van der Waals surface area contributed by atoms with E-state index in [9.17, 15) is 0 Å². The zero-order valence-corrected chi connectivity index (χ0v) is 24.6. The van der Waals surface area contributed by atoms with E-state index in [0.717, 1.165) is 11.2 Å². The lowest BCUT2D eigenvalue weighted by molar-refractivity contribution is 0.657. The molecule has 0 radical (unpaired) electrons. The van der Waals surface area contributed by atoms with E-state index in [4.69, 9.17) is 4.42 Å². The van der Waals surface area contributed by atoms with E-state index in [1.54, 1.807) is 0 Å². The Kier molecular flexibility index (Phi) is 4.58. The lowest BCUT2D eigenvalue weighted by Gasteiger charge is -2.22. The molecule has 0 saturated carbocycles. The highest BCUT2D eigenvalue weighted by Crippen LogP contribution is 2.54. The molecule has 0 aliphatic heterocycles. The molecule has 1 nitrogen and oxygen atoms in total. The first-order valence-corrected chi connectivity index (χ1v) is 15.4. The summed E-state index contributed by atoms with van der Waals surface area (Å²) in [6.07, 6.45) is 0. The van der Waals surface area contributed by atoms with Crippen LogP contribution in [0.4, 0.5) is 0 Å². The average molecular weight is 561 g/mol. The molecular formula is C43H28O. The average Bonchev–Trinajstić information content (AvgIpc) is 3.55. The van der Waals surface area contributed by atoms with Gasteiger partial charge in [-0.1, -0.05) is 129 Å². The molecular weight excluding hydrogens is 532 g/mol. The molecule has 0 atom stereocenters. The SMILES string of the molecule is CC1(C)c2cc(-c3ccc4ccc5c(-c6ccccc6)ccc6ccc3c4c65)ccc2-c2c1ccc1oc3ccccc3c21. The van der Waals surface area contributed by atoms with Gasteiger partial charge in [-0.25, -0.2) is 0 Å². The van der Waals surface area contributed by atoms with Crippen molar-refractivity contribution in [1.82, 2.24) is 0 Å². The molecule has 0 fully saturated rings. The van der Waals surface area contributed by atoms with Gasteiger partial charge in [0.15, 0.2) is 0 Å². The number of benzene rings is 8. The van der Waals surface area contributed by atoms with E-state index >= 15 is 0 Å². The van der Waals surface area contributed by atoms with E-state index in [0.29, 0.717) is 0 Å². The largest absolute Gasteiger partial charge is 0.456 e. The quantitative estimate of drug-likeness (QED) is 0.192. The molecule has 1 heteroatoms. The van der Waals surface area contributed by atoms with Crippen LogP contribution in [0.2, 0.25) is 0 Å². The number of hydrogen-bond donors (Lipinski definition) is 0. The first kappa shape index (κ1) is 24.1. The molecule has 44 heavy (non-hydrogen) atoms. The van der Waals surface area contributed by atoms with Crippen LogP contribution >= 0.6 is 0 Å². The topological polar surface area (TPSA) is 13.1 Å². The third-order valence-corrected chi connectivity index (χ3v) is 10.2. The number of rotatable bonds is 2. The van der Waals surface area contributed by atoms with Crippen LogP contribution in [0.15, 0.2) is 138 Å². The van der Waals surface area contributed by atoms with E-state index in [2.05, 4.69) is 141 Å². The Morgan fingerprint density at radius 2 is 1.07 bits per heavy atom. The summed E-state index contributed by atoms with van der Waals surface area (Å²) in [5.41, 5.74) is 12.2. The Labute approximate surface area is 255 Å². The summed E-state index contributed by atoms with van der Waals surface area (Å²) in [4.78, 5) is 0. The summed E-state index contributed by atoms with van der Waals surface area (Å²) in [6.45, 7) is 4.73. The normalized spacial score (nSPS) is 13.9. The monoisotopic (exact) mass is 560 g/mol. The van der Waals surface area contributed by atoms with E-state index in [1.807, 2.05) is 6.07 Å². The maximum atomic E-state index is 6.29. The first-order valence-electron chi connectivity index (χ1n) is 15.4. The molecule has 0 unspecified atom stereocenters. The van der Waals surface area contributed by atoms with Crippen molar-refractivity contribution in [2.75, 3.05) is 0 Å². The van der Waals surface area contributed by atoms with Crippen LogP contribution in [0, 0.1) is 0 Å². The van der Waals surface area contributed by atoms with Gasteiger partial charge in [-0.2, -0.15) is 0 Å². The van der Waals surface area contributed by atoms with Crippen molar-refractivity contribution in [2.24, 2.45) is 0 Å². The maximum absolute atomic E-state index is 6.29. The van der Waals surface area contributed by atoms with Crippen LogP contribution in [0.5, 0.6) is 0 Å². The second-order valence-corrected chi connectivity index (χ2v) is 12.9. The molecule has 0 spiro atoms. The van der Waals surface area contributed by atoms with Crippen molar-refractivity contribution in [1.29, 1.82) is 0 Å². The number of para-hydroxylation sites is 1. The molecule has 1 heterocycles. The molecule has 1 aliphatic rings. The van der Waals surface area contributed by atoms with Gasteiger partial charge >= 0.3 is 0 Å². The summed E-state index contributed by atoms with van der Waals surface area (Å²) < 4.78 is 6.29. The molecule has 10 rings (SSSR count). The zero-order valence-electron chi connectivity index (χ0n) is 24.6. The lowest BCUT2D eigenvalue weighted by Crippen LogP contribution is -2.14. The van der Waals surface area contributed by atoms with Crippen molar-refractivity contribution >= 4 is 54.3 Å². The Hall–Kier alpha value is -5.40. The minimum atomic E-state index is -0.123. The predicted molar refractivity (Wildman–Crippen MR) is 186 cm³/mol. The molecule has 0 saturated heterocycles. The van der Waals surface area contributed by atoms with Gasteiger partial charge in [-0.15, -0.1) is 0 Å². The third-order valence-electron chi connectivity index (χ3n) is 10.2. The molecule has 9 aromatic rings. The number of fused-ring (bicyclic) bond motifs is 7. The fraction of sp³-hybridized carbons (Fsp3) is 0.0698. The van der Waals surface area contributed by atoms with E-state index in [1.165, 1.54) is 87.6 Å². The fourth-order valence-corrected chi connectivity index (χ4v) is 8.13. The van der Waals surface area contributed by atoms with E-state index in [-0.39, 0.29) is 5.41 Å². The highest BCUT2D eigenvalue weighted by molar-refractivity contribution is 6.27. The highest BCUT2D eigenvalue weighted by Gasteiger charge is 2.37. The highest BCUT2D eigenvalue weighted by atomic mass is 16.3. The van der Waals surface area contributed by atoms with Crippen LogP contribution in [0.25, 0.3) is 87.6 Å². The van der Waals surface area contributed by atoms with Crippen molar-refractivity contribution in [3.63, 3.8) is 0 Å². The minimum Gasteiger partial charge on any atom is -0.456 e. The van der Waals surface area contributed by atoms with Crippen molar-refractivity contribution in [3.05, 3.63) is 145 Å². The molecule has 206 valence electrons. The number of furan rings is 1. The summed E-state index contributed by atoms with van der Waals surface area (Å²) in [6, 6.07) is 49.2. The van der Waals surface area contributed by atoms with Crippen LogP contribution in [-0.2, 0) is 5.41 Å². The smallest absolute Gasteiger partial charge is 0.136 e. The van der Waals surface area contributed by atoms with Gasteiger partial charge in [0.05, 0.1) is 0 Å². The molecule has 0 bridgehead atoms. The maximum Gasteiger partial charge on any atom is 0.136 e. The van der Waals surface area contributed by atoms with Crippen LogP contribution < -0.4 is 0 Å². The number of hydrogen-bond acceptors (Lipinski definition) is 1. The van der Waals surface area contributed by atoms with Gasteiger partial charge < -0.3 is 4.42 Å². The van der Waals surface area contributed by atoms with Gasteiger partial charge in [0.25, 0.3) is 0 Å². The van der Waals surface area contributed by atoms with Gasteiger partial charge in [0.2, 0.25) is 0 Å². The summed E-state index contributed by atoms with van der Waals surface area (Å²) in [5.74, 6) is 0. The summed E-state index contributed by atoms with van der Waals surface area (Å²) in [7, 11) is 0. The Morgan fingerprint density at radius 1 is 0.432 bits per heavy atom. The van der Waals surface area contributed by atoms with Crippen LogP contribution in [0.1, 0.15) is 25.0 Å². The molecule has 1 aliphatic carbocycles. The third kappa shape index (κ3) is 3.04. The fourth-order valence-electron chi connectivity index (χ4n) is 8.13. The van der Waals surface area contributed by atoms with Gasteiger partial charge in [-0.05, 0) is 95.0 Å². The lowest BCUT2D eigenvalue weighted by atomic mass is 9.81. The van der Waals surface area contributed by atoms with Crippen molar-refractivity contribution < 1.29 is 4.42 Å². The second-order valence-electron chi connectivity index (χ2n) is 12.9. The zero-order chi connectivity index (χ0) is 29.2. The second kappa shape index (κ2) is 8.36. The molecule has 0 amide bonds. The Bertz CT molecular complexity index is 2620. The van der Waals surface area contributed by atoms with Crippen molar-refractivity contribution in [3.8, 4) is 33.4 Å². The van der Waals surface area contributed by atoms with Gasteiger partial charge in [0, 0.05) is 16.2 Å². The molecule has 8 aromatic carbocycles.